The van der Waals surface area contributed by atoms with Crippen LogP contribution in [0.5, 0.6) is 0 Å². The van der Waals surface area contributed by atoms with Crippen molar-refractivity contribution in [3.63, 3.8) is 0 Å². The lowest BCUT2D eigenvalue weighted by molar-refractivity contribution is -0.137. The van der Waals surface area contributed by atoms with E-state index < -0.39 is 16.0 Å². The zero-order valence-corrected chi connectivity index (χ0v) is 20.5. The fraction of sp³-hybridized carbons (Fsp3) is 0.458. The monoisotopic (exact) mass is 489 g/mol. The van der Waals surface area contributed by atoms with Crippen LogP contribution in [0, 0.1) is 5.82 Å². The van der Waals surface area contributed by atoms with E-state index in [9.17, 15) is 13.2 Å². The Labute approximate surface area is 201 Å². The third-order valence-corrected chi connectivity index (χ3v) is 8.10. The summed E-state index contributed by atoms with van der Waals surface area (Å²) in [5.41, 5.74) is 1.72. The Bertz CT molecular complexity index is 1100. The van der Waals surface area contributed by atoms with Crippen molar-refractivity contribution in [3.8, 4) is 0 Å². The van der Waals surface area contributed by atoms with Crippen molar-refractivity contribution in [1.82, 2.24) is 14.5 Å². The van der Waals surface area contributed by atoms with E-state index in [1.807, 2.05) is 54.0 Å². The van der Waals surface area contributed by atoms with E-state index in [2.05, 4.69) is 9.62 Å². The van der Waals surface area contributed by atoms with E-state index in [4.69, 9.17) is 0 Å². The van der Waals surface area contributed by atoms with Gasteiger partial charge in [0, 0.05) is 58.4 Å². The molecule has 2 aromatic carbocycles. The van der Waals surface area contributed by atoms with Crippen LogP contribution in [-0.2, 0) is 15.0 Å². The number of piperazine rings is 1. The van der Waals surface area contributed by atoms with Crippen LogP contribution < -0.4 is 13.9 Å². The Balaban J connectivity index is 1.49. The second-order valence-electron chi connectivity index (χ2n) is 8.45. The first-order valence-electron chi connectivity index (χ1n) is 11.7. The smallest absolute Gasteiger partial charge is 0.301 e. The van der Waals surface area contributed by atoms with Gasteiger partial charge < -0.3 is 9.80 Å². The van der Waals surface area contributed by atoms with Crippen LogP contribution in [0.25, 0.3) is 0 Å². The van der Waals surface area contributed by atoms with Crippen molar-refractivity contribution < 1.29 is 17.6 Å². The minimum Gasteiger partial charge on any atom is -0.367 e. The summed E-state index contributed by atoms with van der Waals surface area (Å²) in [6.45, 7) is 8.20. The molecule has 10 heteroatoms. The van der Waals surface area contributed by atoms with Crippen LogP contribution >= 0.6 is 0 Å². The van der Waals surface area contributed by atoms with Gasteiger partial charge in [0.2, 0.25) is 5.91 Å². The number of benzene rings is 2. The highest BCUT2D eigenvalue weighted by atomic mass is 32.2. The highest BCUT2D eigenvalue weighted by molar-refractivity contribution is 7.91. The summed E-state index contributed by atoms with van der Waals surface area (Å²) < 4.78 is 42.8. The fourth-order valence-electron chi connectivity index (χ4n) is 4.72. The second-order valence-corrected chi connectivity index (χ2v) is 10.1. The minimum absolute atomic E-state index is 0.0839. The number of anilines is 2. The average molecular weight is 490 g/mol. The van der Waals surface area contributed by atoms with Gasteiger partial charge in [-0.25, -0.2) is 4.39 Å². The third kappa shape index (κ3) is 4.89. The molecule has 34 heavy (non-hydrogen) atoms. The summed E-state index contributed by atoms with van der Waals surface area (Å²) in [6, 6.07) is 14.0. The first-order chi connectivity index (χ1) is 16.4. The number of likely N-dealkylation sites (N-methyl/N-ethyl adjacent to an activating group) is 1. The maximum atomic E-state index is 15.0. The Hall–Kier alpha value is -2.69. The number of halogens is 1. The Morgan fingerprint density at radius 2 is 1.71 bits per heavy atom. The van der Waals surface area contributed by atoms with Crippen LogP contribution in [-0.4, -0.2) is 76.5 Å². The molecule has 2 fully saturated rings. The number of carbonyl (C=O) groups is 1. The molecule has 1 amide bonds. The molecular formula is C24H32FN5O3S. The SMILES string of the molecule is CCN(CC)C(=O)C(c1ccccc1)N1CCN(c2ccc(N3CCNS3(=O)=O)cc2F)CC1. The third-order valence-electron chi connectivity index (χ3n) is 6.55. The lowest BCUT2D eigenvalue weighted by atomic mass is 10.0. The van der Waals surface area contributed by atoms with Gasteiger partial charge in [-0.2, -0.15) is 13.1 Å². The molecule has 1 N–H and O–H groups in total. The van der Waals surface area contributed by atoms with Gasteiger partial charge in [0.15, 0.2) is 0 Å². The van der Waals surface area contributed by atoms with Crippen molar-refractivity contribution in [2.75, 3.05) is 61.6 Å². The number of rotatable bonds is 7. The van der Waals surface area contributed by atoms with Crippen LogP contribution in [0.1, 0.15) is 25.5 Å². The van der Waals surface area contributed by atoms with E-state index in [-0.39, 0.29) is 18.5 Å². The van der Waals surface area contributed by atoms with Crippen LogP contribution in [0.15, 0.2) is 48.5 Å². The maximum Gasteiger partial charge on any atom is 0.301 e. The molecule has 1 unspecified atom stereocenters. The van der Waals surface area contributed by atoms with Crippen molar-refractivity contribution in [1.29, 1.82) is 0 Å². The number of nitrogens with zero attached hydrogens (tertiary/aromatic N) is 4. The molecule has 0 aliphatic carbocycles. The van der Waals surface area contributed by atoms with Gasteiger partial charge in [-0.15, -0.1) is 0 Å². The largest absolute Gasteiger partial charge is 0.367 e. The molecule has 0 bridgehead atoms. The standard InChI is InChI=1S/C24H32FN5O3S/c1-3-27(4-2)24(31)23(19-8-6-5-7-9-19)29-16-14-28(15-17-29)22-11-10-20(18-21(22)25)30-13-12-26-34(30,32)33/h5-11,18,23,26H,3-4,12-17H2,1-2H3. The van der Waals surface area contributed by atoms with Crippen molar-refractivity contribution in [3.05, 3.63) is 59.9 Å². The van der Waals surface area contributed by atoms with Crippen LogP contribution in [0.2, 0.25) is 0 Å². The summed E-state index contributed by atoms with van der Waals surface area (Å²) in [4.78, 5) is 19.4. The van der Waals surface area contributed by atoms with Gasteiger partial charge in [0.25, 0.3) is 0 Å². The van der Waals surface area contributed by atoms with E-state index in [1.165, 1.54) is 10.4 Å². The summed E-state index contributed by atoms with van der Waals surface area (Å²) >= 11 is 0. The quantitative estimate of drug-likeness (QED) is 0.646. The zero-order valence-electron chi connectivity index (χ0n) is 19.7. The molecule has 0 radical (unpaired) electrons. The topological polar surface area (TPSA) is 76.2 Å². The van der Waals surface area contributed by atoms with Crippen molar-refractivity contribution in [2.45, 2.75) is 19.9 Å². The summed E-state index contributed by atoms with van der Waals surface area (Å²) in [5.74, 6) is -0.368. The average Bonchev–Trinajstić information content (AvgIpc) is 3.20. The summed E-state index contributed by atoms with van der Waals surface area (Å²) in [7, 11) is -3.60. The predicted octanol–water partition coefficient (Wildman–Crippen LogP) is 2.21. The lowest BCUT2D eigenvalue weighted by Crippen LogP contribution is -2.52. The minimum atomic E-state index is -3.60. The molecule has 0 aromatic heterocycles. The van der Waals surface area contributed by atoms with Gasteiger partial charge in [-0.05, 0) is 31.5 Å². The van der Waals surface area contributed by atoms with Crippen LogP contribution in [0.3, 0.4) is 0 Å². The summed E-state index contributed by atoms with van der Waals surface area (Å²) in [5, 5.41) is 0. The van der Waals surface area contributed by atoms with Gasteiger partial charge >= 0.3 is 10.2 Å². The van der Waals surface area contributed by atoms with E-state index in [0.717, 1.165) is 5.56 Å². The molecular weight excluding hydrogens is 457 g/mol. The molecule has 2 aromatic rings. The second kappa shape index (κ2) is 10.3. The Morgan fingerprint density at radius 3 is 2.26 bits per heavy atom. The van der Waals surface area contributed by atoms with Gasteiger partial charge in [0.05, 0.1) is 11.4 Å². The molecule has 2 heterocycles. The van der Waals surface area contributed by atoms with E-state index in [0.29, 0.717) is 57.2 Å². The molecule has 2 aliphatic rings. The van der Waals surface area contributed by atoms with E-state index in [1.54, 1.807) is 12.1 Å². The molecule has 2 saturated heterocycles. The van der Waals surface area contributed by atoms with Crippen LogP contribution in [0.4, 0.5) is 15.8 Å². The highest BCUT2D eigenvalue weighted by Gasteiger charge is 2.33. The molecule has 4 rings (SSSR count). The zero-order chi connectivity index (χ0) is 24.3. The molecule has 1 atom stereocenters. The first-order valence-corrected chi connectivity index (χ1v) is 13.2. The number of hydrogen-bond acceptors (Lipinski definition) is 5. The highest BCUT2D eigenvalue weighted by Crippen LogP contribution is 2.30. The first kappa shape index (κ1) is 24.4. The van der Waals surface area contributed by atoms with Gasteiger partial charge in [-0.3, -0.25) is 14.0 Å². The molecule has 0 saturated carbocycles. The van der Waals surface area contributed by atoms with Crippen molar-refractivity contribution in [2.24, 2.45) is 0 Å². The fourth-order valence-corrected chi connectivity index (χ4v) is 5.95. The summed E-state index contributed by atoms with van der Waals surface area (Å²) in [6.07, 6.45) is 0. The maximum absolute atomic E-state index is 15.0. The van der Waals surface area contributed by atoms with Gasteiger partial charge in [0.1, 0.15) is 11.9 Å². The van der Waals surface area contributed by atoms with Gasteiger partial charge in [-0.1, -0.05) is 30.3 Å². The Kier molecular flexibility index (Phi) is 7.39. The molecule has 8 nitrogen and oxygen atoms in total. The number of amides is 1. The lowest BCUT2D eigenvalue weighted by Gasteiger charge is -2.41. The van der Waals surface area contributed by atoms with Crippen molar-refractivity contribution >= 4 is 27.5 Å². The molecule has 2 aliphatic heterocycles. The number of carbonyl (C=O) groups excluding carboxylic acids is 1. The number of nitrogens with one attached hydrogen (secondary N) is 1. The van der Waals surface area contributed by atoms with E-state index >= 15 is 4.39 Å². The normalized spacial score (nSPS) is 19.3. The Morgan fingerprint density at radius 1 is 1.03 bits per heavy atom. The molecule has 184 valence electrons. The molecule has 0 spiro atoms. The number of hydrogen-bond donors (Lipinski definition) is 1. The predicted molar refractivity (Wildman–Crippen MR) is 132 cm³/mol.